The van der Waals surface area contributed by atoms with Crippen molar-refractivity contribution in [2.45, 2.75) is 306 Å². The lowest BCUT2D eigenvalue weighted by Gasteiger charge is -2.26. The molecule has 8 aromatic rings. The Hall–Kier alpha value is -7.68. The van der Waals surface area contributed by atoms with Crippen LogP contribution in [0.3, 0.4) is 0 Å². The summed E-state index contributed by atoms with van der Waals surface area (Å²) in [6, 6.07) is 32.3. The van der Waals surface area contributed by atoms with Crippen LogP contribution in [0.25, 0.3) is 0 Å². The topological polar surface area (TPSA) is 210 Å². The first-order chi connectivity index (χ1) is 56.5. The van der Waals surface area contributed by atoms with E-state index in [9.17, 15) is 38.4 Å². The third-order valence-corrected chi connectivity index (χ3v) is 23.8. The molecule has 0 spiro atoms. The summed E-state index contributed by atoms with van der Waals surface area (Å²) >= 11 is 9.30. The predicted molar refractivity (Wildman–Crippen MR) is 492 cm³/mol. The molecular weight excluding hydrogens is 1670 g/mol. The second kappa shape index (κ2) is 43.6. The molecule has 0 fully saturated rings. The second-order valence-corrected chi connectivity index (χ2v) is 42.1. The number of carbonyl (C=O) groups is 8. The average Bonchev–Trinajstić information content (AvgIpc) is 0.771. The Morgan fingerprint density at radius 2 is 0.250 bits per heavy atom. The van der Waals surface area contributed by atoms with Gasteiger partial charge in [0.1, 0.15) is 46.0 Å². The van der Waals surface area contributed by atoms with Gasteiger partial charge in [-0.05, 0) is 208 Å². The van der Waals surface area contributed by atoms with Crippen molar-refractivity contribution in [1.82, 2.24) is 0 Å². The van der Waals surface area contributed by atoms with Crippen LogP contribution in [0.4, 0.5) is 0 Å². The SMILES string of the molecule is CC(=O)Sc1cc2c(OC(C)C)c(c1)Cc1cc(SC(C)=O)cc(c1OC(C)C)Cc1cc(SC(C)=O)cc(c1OC(C)C)Cc1cc(SC(C)=O)cc(c1OC(C)C)C2.CC(=O)Sc1cc2c(OC(C)C)c(c1)Cc1cc(SC(C)=O)cc(c1OC(C)C)Cc1cc(SC(C)=O)cc(c1OC(C)C)Cc1cc(SC(C)=O)cc(c1OC(C)C)C2. The van der Waals surface area contributed by atoms with Gasteiger partial charge in [-0.3, -0.25) is 38.4 Å². The van der Waals surface area contributed by atoms with Crippen molar-refractivity contribution < 1.29 is 76.3 Å². The Balaban J connectivity index is 0.000000273. The van der Waals surface area contributed by atoms with Crippen molar-refractivity contribution >= 4 is 135 Å². The highest BCUT2D eigenvalue weighted by Gasteiger charge is 2.31. The van der Waals surface area contributed by atoms with Crippen molar-refractivity contribution in [3.63, 3.8) is 0 Å². The van der Waals surface area contributed by atoms with E-state index in [0.29, 0.717) is 97.4 Å². The Morgan fingerprint density at radius 3 is 0.308 bits per heavy atom. The smallest absolute Gasteiger partial charge is 0.190 e. The minimum atomic E-state index is -0.186. The molecule has 0 amide bonds. The summed E-state index contributed by atoms with van der Waals surface area (Å²) in [5, 5.41) is -0.397. The Bertz CT molecular complexity index is 4050. The maximum absolute atomic E-state index is 12.7. The zero-order valence-corrected chi connectivity index (χ0v) is 79.8. The maximum atomic E-state index is 12.7. The van der Waals surface area contributed by atoms with Crippen LogP contribution in [-0.4, -0.2) is 89.8 Å². The quantitative estimate of drug-likeness (QED) is 0.0515. The summed E-state index contributed by atoms with van der Waals surface area (Å²) in [4.78, 5) is 108. The number of rotatable bonds is 24. The molecule has 0 aromatic heterocycles. The molecule has 0 unspecified atom stereocenters. The monoisotopic (exact) mass is 1780 g/mol. The summed E-state index contributed by atoms with van der Waals surface area (Å²) in [5.74, 6) is 5.53. The van der Waals surface area contributed by atoms with Crippen LogP contribution in [0.1, 0.15) is 255 Å². The maximum Gasteiger partial charge on any atom is 0.190 e. The minimum absolute atomic E-state index is 0.0496. The molecule has 0 saturated carbocycles. The molecular formula is C96H112O16S8. The highest BCUT2D eigenvalue weighted by molar-refractivity contribution is 8.15. The highest BCUT2D eigenvalue weighted by Crippen LogP contribution is 2.49. The number of fused-ring (bicyclic) bond motifs is 16. The molecule has 0 saturated heterocycles. The molecule has 24 heteroatoms. The normalized spacial score (nSPS) is 12.5. The van der Waals surface area contributed by atoms with E-state index in [1.54, 1.807) is 55.4 Å². The van der Waals surface area contributed by atoms with Crippen molar-refractivity contribution in [3.8, 4) is 46.0 Å². The van der Waals surface area contributed by atoms with Gasteiger partial charge in [-0.2, -0.15) is 0 Å². The summed E-state index contributed by atoms with van der Waals surface area (Å²) in [6.45, 7) is 44.3. The van der Waals surface area contributed by atoms with E-state index in [0.717, 1.165) is 222 Å². The zero-order chi connectivity index (χ0) is 88.0. The molecule has 640 valence electrons. The van der Waals surface area contributed by atoms with Crippen LogP contribution in [0.5, 0.6) is 46.0 Å². The van der Waals surface area contributed by atoms with E-state index in [2.05, 4.69) is 0 Å². The lowest BCUT2D eigenvalue weighted by molar-refractivity contribution is -0.109. The number of thioether (sulfide) groups is 8. The Morgan fingerprint density at radius 1 is 0.175 bits per heavy atom. The number of carbonyl (C=O) groups excluding carboxylic acids is 8. The number of benzene rings is 8. The van der Waals surface area contributed by atoms with Crippen molar-refractivity contribution in [3.05, 3.63) is 186 Å². The third kappa shape index (κ3) is 28.2. The van der Waals surface area contributed by atoms with E-state index in [4.69, 9.17) is 37.9 Å². The number of hydrogen-bond acceptors (Lipinski definition) is 24. The summed E-state index contributed by atoms with van der Waals surface area (Å²) in [5.41, 5.74) is 13.7. The van der Waals surface area contributed by atoms with Crippen molar-refractivity contribution in [2.24, 2.45) is 0 Å². The van der Waals surface area contributed by atoms with Crippen LogP contribution in [0.15, 0.2) is 136 Å². The van der Waals surface area contributed by atoms with Gasteiger partial charge in [0.25, 0.3) is 0 Å². The lowest BCUT2D eigenvalue weighted by atomic mass is 9.91. The molecule has 0 heterocycles. The summed E-state index contributed by atoms with van der Waals surface area (Å²) in [6.07, 6.45) is 1.43. The van der Waals surface area contributed by atoms with Crippen molar-refractivity contribution in [1.29, 1.82) is 0 Å². The van der Waals surface area contributed by atoms with Crippen molar-refractivity contribution in [2.75, 3.05) is 0 Å². The molecule has 8 aromatic carbocycles. The van der Waals surface area contributed by atoms with Crippen LogP contribution < -0.4 is 37.9 Å². The van der Waals surface area contributed by atoms with Crippen LogP contribution >= 0.6 is 94.1 Å². The van der Waals surface area contributed by atoms with Gasteiger partial charge in [0.2, 0.25) is 0 Å². The van der Waals surface area contributed by atoms with Gasteiger partial charge in [0.15, 0.2) is 40.9 Å². The Labute approximate surface area is 743 Å². The molecule has 120 heavy (non-hydrogen) atoms. The highest BCUT2D eigenvalue weighted by atomic mass is 32.2. The van der Waals surface area contributed by atoms with E-state index in [1.165, 1.54) is 0 Å². The molecule has 10 rings (SSSR count). The Kier molecular flexibility index (Phi) is 34.9. The van der Waals surface area contributed by atoms with E-state index in [1.807, 2.05) is 208 Å². The van der Waals surface area contributed by atoms with E-state index < -0.39 is 0 Å². The molecule has 2 aliphatic carbocycles. The van der Waals surface area contributed by atoms with Gasteiger partial charge >= 0.3 is 0 Å². The second-order valence-electron chi connectivity index (χ2n) is 32.1. The summed E-state index contributed by atoms with van der Waals surface area (Å²) < 4.78 is 54.0. The average molecular weight is 1780 g/mol. The van der Waals surface area contributed by atoms with Gasteiger partial charge in [0, 0.05) is 235 Å². The molecule has 16 nitrogen and oxygen atoms in total. The minimum Gasteiger partial charge on any atom is -0.490 e. The fraction of sp³-hybridized carbons (Fsp3) is 0.417. The molecule has 0 radical (unpaired) electrons. The van der Waals surface area contributed by atoms with Gasteiger partial charge in [-0.15, -0.1) is 0 Å². The van der Waals surface area contributed by atoms with E-state index >= 15 is 0 Å². The van der Waals surface area contributed by atoms with Gasteiger partial charge in [-0.25, -0.2) is 0 Å². The molecule has 2 aliphatic rings. The molecule has 0 atom stereocenters. The van der Waals surface area contributed by atoms with Crippen LogP contribution in [0.2, 0.25) is 0 Å². The number of ether oxygens (including phenoxy) is 8. The molecule has 0 aliphatic heterocycles. The van der Waals surface area contributed by atoms with Gasteiger partial charge in [0.05, 0.1) is 48.8 Å². The fourth-order valence-electron chi connectivity index (χ4n) is 14.4. The third-order valence-electron chi connectivity index (χ3n) is 17.7. The number of hydrogen-bond donors (Lipinski definition) is 0. The first kappa shape index (κ1) is 96.1. The molecule has 16 bridgehead atoms. The van der Waals surface area contributed by atoms with Gasteiger partial charge < -0.3 is 37.9 Å². The first-order valence-electron chi connectivity index (χ1n) is 40.5. The lowest BCUT2D eigenvalue weighted by Crippen LogP contribution is -2.15. The largest absolute Gasteiger partial charge is 0.490 e. The van der Waals surface area contributed by atoms with Gasteiger partial charge in [-0.1, -0.05) is 94.1 Å². The first-order valence-corrected chi connectivity index (χ1v) is 47.1. The predicted octanol–water partition coefficient (Wildman–Crippen LogP) is 24.1. The standard InChI is InChI=1S/2C48H56O8S4/c2*1-25(2)53-45-33-13-35-19-42(58-30(10)50)21-37(46(35)54-26(3)4)15-39-23-44(60-32(12)52)24-40(48(39)56-28(7)8)16-38-22-43(59-31(11)51)20-36(47(38)55-27(5)6)14-34(45)18-41(17-33)57-29(9)49/h2*17-28H,13-16H2,1-12H3. The fourth-order valence-corrected chi connectivity index (χ4v) is 20.3. The van der Waals surface area contributed by atoms with Crippen LogP contribution in [0, 0.1) is 0 Å². The van der Waals surface area contributed by atoms with E-state index in [-0.39, 0.29) is 89.8 Å². The summed E-state index contributed by atoms with van der Waals surface area (Å²) in [7, 11) is 0. The molecule has 0 N–H and O–H groups in total. The van der Waals surface area contributed by atoms with Crippen LogP contribution in [-0.2, 0) is 89.7 Å². The zero-order valence-electron chi connectivity index (χ0n) is 73.3.